The van der Waals surface area contributed by atoms with E-state index in [9.17, 15) is 9.59 Å². The number of thiocarbonyl (C=S) groups is 1. The number of hydrogen-bond acceptors (Lipinski definition) is 4. The summed E-state index contributed by atoms with van der Waals surface area (Å²) in [6.45, 7) is 2.87. The maximum absolute atomic E-state index is 12.3. The average molecular weight is 428 g/mol. The number of benzene rings is 2. The molecule has 2 aromatic carbocycles. The van der Waals surface area contributed by atoms with Crippen LogP contribution in [0.2, 0.25) is 0 Å². The van der Waals surface area contributed by atoms with E-state index in [0.717, 1.165) is 17.7 Å². The Labute approximate surface area is 183 Å². The fraction of sp³-hybridized carbons (Fsp3) is 0.348. The smallest absolute Gasteiger partial charge is 0.257 e. The first kappa shape index (κ1) is 23.3. The molecule has 0 aromatic heterocycles. The quantitative estimate of drug-likeness (QED) is 0.304. The number of carbonyl (C=O) groups is 2. The first-order chi connectivity index (χ1) is 14.6. The first-order valence-electron chi connectivity index (χ1n) is 10.3. The Kier molecular flexibility index (Phi) is 10.4. The summed E-state index contributed by atoms with van der Waals surface area (Å²) in [6.07, 6.45) is 6.13. The van der Waals surface area contributed by atoms with Gasteiger partial charge >= 0.3 is 0 Å². The van der Waals surface area contributed by atoms with Crippen LogP contribution < -0.4 is 20.9 Å². The Morgan fingerprint density at radius 3 is 2.30 bits per heavy atom. The number of hydrogen-bond donors (Lipinski definition) is 3. The van der Waals surface area contributed by atoms with Crippen LogP contribution in [-0.4, -0.2) is 23.5 Å². The van der Waals surface area contributed by atoms with Crippen molar-refractivity contribution in [3.8, 4) is 5.75 Å². The van der Waals surface area contributed by atoms with Crippen LogP contribution in [-0.2, 0) is 11.2 Å². The van der Waals surface area contributed by atoms with Crippen LogP contribution >= 0.6 is 12.2 Å². The van der Waals surface area contributed by atoms with E-state index >= 15 is 0 Å². The molecule has 2 amide bonds. The molecule has 0 aliphatic carbocycles. The van der Waals surface area contributed by atoms with Gasteiger partial charge in [0.05, 0.1) is 13.0 Å². The molecule has 2 rings (SSSR count). The number of amides is 2. The van der Waals surface area contributed by atoms with E-state index in [1.807, 2.05) is 30.3 Å². The van der Waals surface area contributed by atoms with Gasteiger partial charge in [0.25, 0.3) is 5.91 Å². The zero-order valence-electron chi connectivity index (χ0n) is 17.3. The predicted octanol–water partition coefficient (Wildman–Crippen LogP) is 3.91. The van der Waals surface area contributed by atoms with Crippen molar-refractivity contribution in [1.29, 1.82) is 0 Å². The second-order valence-corrected chi connectivity index (χ2v) is 7.31. The lowest BCUT2D eigenvalue weighted by molar-refractivity contribution is -0.121. The number of nitrogens with one attached hydrogen (secondary N) is 3. The lowest BCUT2D eigenvalue weighted by atomic mass is 10.1. The van der Waals surface area contributed by atoms with Crippen molar-refractivity contribution in [3.63, 3.8) is 0 Å². The summed E-state index contributed by atoms with van der Waals surface area (Å²) in [5, 5.41) is 2.55. The minimum atomic E-state index is -0.365. The Hall–Kier alpha value is -2.93. The topological polar surface area (TPSA) is 79.5 Å². The summed E-state index contributed by atoms with van der Waals surface area (Å²) in [5.74, 6) is 0.112. The van der Waals surface area contributed by atoms with Gasteiger partial charge in [0.2, 0.25) is 5.91 Å². The average Bonchev–Trinajstić information content (AvgIpc) is 2.76. The summed E-state index contributed by atoms with van der Waals surface area (Å²) in [6, 6.07) is 16.2. The Morgan fingerprint density at radius 1 is 0.900 bits per heavy atom. The minimum Gasteiger partial charge on any atom is -0.494 e. The van der Waals surface area contributed by atoms with E-state index in [1.165, 1.54) is 25.7 Å². The molecule has 0 atom stereocenters. The molecular formula is C23H29N3O3S. The minimum absolute atomic E-state index is 0.0221. The summed E-state index contributed by atoms with van der Waals surface area (Å²) in [4.78, 5) is 24.2. The van der Waals surface area contributed by atoms with Crippen LogP contribution in [0, 0.1) is 0 Å². The normalized spacial score (nSPS) is 10.2. The lowest BCUT2D eigenvalue weighted by Crippen LogP contribution is -2.48. The summed E-state index contributed by atoms with van der Waals surface area (Å²) in [5.41, 5.74) is 6.35. The standard InChI is InChI=1S/C23H29N3O3S/c1-2-3-4-5-9-16-29-20-14-12-19(13-15-20)22(28)24-23(30)26-25-21(27)17-18-10-7-6-8-11-18/h6-8,10-15H,2-5,9,16-17H2,1H3,(H,25,27)(H2,24,26,28,30). The Morgan fingerprint density at radius 2 is 1.60 bits per heavy atom. The maximum atomic E-state index is 12.3. The zero-order valence-corrected chi connectivity index (χ0v) is 18.1. The second kappa shape index (κ2) is 13.3. The molecule has 0 fully saturated rings. The van der Waals surface area contributed by atoms with Crippen LogP contribution in [0.5, 0.6) is 5.75 Å². The fourth-order valence-electron chi connectivity index (χ4n) is 2.76. The van der Waals surface area contributed by atoms with Gasteiger partial charge < -0.3 is 4.74 Å². The molecule has 0 unspecified atom stereocenters. The summed E-state index contributed by atoms with van der Waals surface area (Å²) < 4.78 is 5.70. The van der Waals surface area contributed by atoms with Crippen LogP contribution in [0.1, 0.15) is 54.9 Å². The van der Waals surface area contributed by atoms with Crippen molar-refractivity contribution in [3.05, 3.63) is 65.7 Å². The van der Waals surface area contributed by atoms with Crippen molar-refractivity contribution in [2.24, 2.45) is 0 Å². The SMILES string of the molecule is CCCCCCCOc1ccc(C(=O)NC(=S)NNC(=O)Cc2ccccc2)cc1. The highest BCUT2D eigenvalue weighted by Gasteiger charge is 2.09. The third-order valence-corrected chi connectivity index (χ3v) is 4.59. The van der Waals surface area contributed by atoms with Gasteiger partial charge in [0, 0.05) is 5.56 Å². The largest absolute Gasteiger partial charge is 0.494 e. The Bertz CT molecular complexity index is 810. The number of carbonyl (C=O) groups excluding carboxylic acids is 2. The van der Waals surface area contributed by atoms with Crippen LogP contribution in [0.4, 0.5) is 0 Å². The van der Waals surface area contributed by atoms with E-state index in [0.29, 0.717) is 12.2 Å². The van der Waals surface area contributed by atoms with Crippen molar-refractivity contribution >= 4 is 29.1 Å². The van der Waals surface area contributed by atoms with Crippen molar-refractivity contribution in [2.75, 3.05) is 6.61 Å². The molecule has 0 radical (unpaired) electrons. The molecule has 2 aromatic rings. The van der Waals surface area contributed by atoms with Crippen LogP contribution in [0.15, 0.2) is 54.6 Å². The van der Waals surface area contributed by atoms with Gasteiger partial charge in [-0.25, -0.2) is 0 Å². The molecule has 3 N–H and O–H groups in total. The Balaban J connectivity index is 1.68. The van der Waals surface area contributed by atoms with Crippen LogP contribution in [0.3, 0.4) is 0 Å². The molecule has 160 valence electrons. The first-order valence-corrected chi connectivity index (χ1v) is 10.7. The van der Waals surface area contributed by atoms with E-state index < -0.39 is 0 Å². The summed E-state index contributed by atoms with van der Waals surface area (Å²) in [7, 11) is 0. The molecule has 0 saturated heterocycles. The third kappa shape index (κ3) is 9.05. The number of unbranched alkanes of at least 4 members (excludes halogenated alkanes) is 4. The van der Waals surface area contributed by atoms with E-state index in [-0.39, 0.29) is 23.3 Å². The van der Waals surface area contributed by atoms with Gasteiger partial charge in [-0.3, -0.25) is 25.8 Å². The molecule has 0 saturated carbocycles. The zero-order chi connectivity index (χ0) is 21.6. The van der Waals surface area contributed by atoms with Crippen molar-refractivity contribution in [1.82, 2.24) is 16.2 Å². The molecule has 0 bridgehead atoms. The molecule has 30 heavy (non-hydrogen) atoms. The van der Waals surface area contributed by atoms with Gasteiger partial charge in [0.1, 0.15) is 5.75 Å². The van der Waals surface area contributed by atoms with Crippen molar-refractivity contribution in [2.45, 2.75) is 45.4 Å². The molecule has 7 heteroatoms. The number of rotatable bonds is 10. The molecule has 0 spiro atoms. The van der Waals surface area contributed by atoms with Gasteiger partial charge in [0.15, 0.2) is 5.11 Å². The van der Waals surface area contributed by atoms with E-state index in [4.69, 9.17) is 17.0 Å². The molecule has 0 aliphatic rings. The van der Waals surface area contributed by atoms with Crippen LogP contribution in [0.25, 0.3) is 0 Å². The summed E-state index contributed by atoms with van der Waals surface area (Å²) >= 11 is 5.06. The molecular weight excluding hydrogens is 398 g/mol. The van der Waals surface area contributed by atoms with Crippen molar-refractivity contribution < 1.29 is 14.3 Å². The number of hydrazine groups is 1. The molecule has 0 aliphatic heterocycles. The van der Waals surface area contributed by atoms with Gasteiger partial charge in [-0.15, -0.1) is 0 Å². The van der Waals surface area contributed by atoms with E-state index in [1.54, 1.807) is 24.3 Å². The van der Waals surface area contributed by atoms with E-state index in [2.05, 4.69) is 23.1 Å². The molecule has 0 heterocycles. The fourth-order valence-corrected chi connectivity index (χ4v) is 2.90. The number of ether oxygens (including phenoxy) is 1. The highest BCUT2D eigenvalue weighted by Crippen LogP contribution is 2.13. The highest BCUT2D eigenvalue weighted by atomic mass is 32.1. The lowest BCUT2D eigenvalue weighted by Gasteiger charge is -2.11. The highest BCUT2D eigenvalue weighted by molar-refractivity contribution is 7.80. The predicted molar refractivity (Wildman–Crippen MR) is 122 cm³/mol. The monoisotopic (exact) mass is 427 g/mol. The molecule has 6 nitrogen and oxygen atoms in total. The van der Waals surface area contributed by atoms with Gasteiger partial charge in [-0.05, 0) is 48.5 Å². The van der Waals surface area contributed by atoms with Gasteiger partial charge in [-0.2, -0.15) is 0 Å². The third-order valence-electron chi connectivity index (χ3n) is 4.38. The second-order valence-electron chi connectivity index (χ2n) is 6.91. The van der Waals surface area contributed by atoms with Gasteiger partial charge in [-0.1, -0.05) is 62.9 Å². The maximum Gasteiger partial charge on any atom is 0.257 e.